The van der Waals surface area contributed by atoms with Crippen LogP contribution >= 0.6 is 0 Å². The number of pyridine rings is 1. The zero-order valence-electron chi connectivity index (χ0n) is 34.8. The Morgan fingerprint density at radius 2 is 1.85 bits per heavy atom. The van der Waals surface area contributed by atoms with Gasteiger partial charge in [-0.3, -0.25) is 4.79 Å². The molecule has 0 unspecified atom stereocenters. The Hall–Kier alpha value is -2.82. The Morgan fingerprint density at radius 1 is 1.13 bits per heavy atom. The van der Waals surface area contributed by atoms with Crippen LogP contribution in [0.1, 0.15) is 121 Å². The summed E-state index contributed by atoms with van der Waals surface area (Å²) in [5.74, 6) is 0.782. The zero-order chi connectivity index (χ0) is 39.4. The van der Waals surface area contributed by atoms with Gasteiger partial charge in [0.05, 0.1) is 43.4 Å². The fourth-order valence-electron chi connectivity index (χ4n) is 12.9. The number of allylic oxidation sites excluding steroid dienone is 1. The monoisotopic (exact) mass is 746 g/mol. The van der Waals surface area contributed by atoms with Crippen LogP contribution in [0.4, 0.5) is 0 Å². The number of hydrogen-bond acceptors (Lipinski definition) is 7. The van der Waals surface area contributed by atoms with E-state index in [0.29, 0.717) is 43.0 Å². The van der Waals surface area contributed by atoms with Crippen LogP contribution in [0.5, 0.6) is 0 Å². The average Bonchev–Trinajstić information content (AvgIpc) is 3.57. The van der Waals surface area contributed by atoms with Crippen LogP contribution in [0.25, 0.3) is 11.4 Å². The molecule has 10 nitrogen and oxygen atoms in total. The molecule has 0 radical (unpaired) electrons. The van der Waals surface area contributed by atoms with Crippen molar-refractivity contribution in [1.82, 2.24) is 14.8 Å². The SMILES string of the molecule is CC(C)[C@@H](C)[C@@]1(C)CC[C@]2(C)[C@H]3CC[C@@H]4[C@@]5(COC[C@@]4(C)[C@@H](OC[C@](C)(N)C(C)(C)C)[C@H](n4ncnc4-c4ccc[n+]([O-])c4)C5)C3=CC[C@@]2(C)[C@@H]1C(=O)O. The van der Waals surface area contributed by atoms with Crippen molar-refractivity contribution in [2.45, 2.75) is 132 Å². The third-order valence-corrected chi connectivity index (χ3v) is 17.3. The summed E-state index contributed by atoms with van der Waals surface area (Å²) in [7, 11) is 0. The standard InChI is InChI=1S/C44H67N5O5/c1-27(2)28(3)39(7)18-19-41(9)30-14-15-33-40(8)23-53-25-44(33,31(30)16-17-42(41,10)34(39)37(50)51)21-32(35(40)54-24-43(11,45)38(4,5)6)49-36(46-26-47-49)29-13-12-20-48(52)22-29/h12-13,16,20,22,26-28,30,32-35H,14-15,17-19,21,23-25,45H2,1-11H3,(H,50,51)/t28-,30+,32-,33+,34-,35+,39-,40-,41-,42+,43+,44+/m1/s1. The van der Waals surface area contributed by atoms with Gasteiger partial charge >= 0.3 is 5.97 Å². The van der Waals surface area contributed by atoms with E-state index in [1.165, 1.54) is 11.8 Å². The molecule has 0 amide bonds. The summed E-state index contributed by atoms with van der Waals surface area (Å²) < 4.78 is 16.8. The maximum atomic E-state index is 13.6. The molecule has 3 heterocycles. The molecule has 2 aromatic heterocycles. The van der Waals surface area contributed by atoms with Gasteiger partial charge in [-0.15, -0.1) is 0 Å². The van der Waals surface area contributed by atoms with Gasteiger partial charge in [0.1, 0.15) is 6.33 Å². The predicted molar refractivity (Wildman–Crippen MR) is 209 cm³/mol. The fourth-order valence-corrected chi connectivity index (χ4v) is 12.9. The minimum absolute atomic E-state index is 0.189. The van der Waals surface area contributed by atoms with Gasteiger partial charge in [0.25, 0.3) is 0 Å². The Balaban J connectivity index is 1.36. The largest absolute Gasteiger partial charge is 0.619 e. The first-order valence-electron chi connectivity index (χ1n) is 20.6. The van der Waals surface area contributed by atoms with E-state index in [9.17, 15) is 15.1 Å². The highest BCUT2D eigenvalue weighted by Gasteiger charge is 2.72. The second-order valence-corrected chi connectivity index (χ2v) is 21.0. The van der Waals surface area contributed by atoms with E-state index in [1.54, 1.807) is 18.6 Å². The third kappa shape index (κ3) is 5.49. The van der Waals surface area contributed by atoms with Crippen molar-refractivity contribution >= 4 is 5.97 Å². The van der Waals surface area contributed by atoms with Crippen LogP contribution in [0.3, 0.4) is 0 Å². The van der Waals surface area contributed by atoms with Crippen LogP contribution < -0.4 is 10.5 Å². The number of ether oxygens (including phenoxy) is 2. The molecule has 7 rings (SSSR count). The van der Waals surface area contributed by atoms with Crippen molar-refractivity contribution in [2.75, 3.05) is 19.8 Å². The van der Waals surface area contributed by atoms with Crippen molar-refractivity contribution in [1.29, 1.82) is 0 Å². The van der Waals surface area contributed by atoms with E-state index in [4.69, 9.17) is 25.3 Å². The molecule has 1 aliphatic heterocycles. The van der Waals surface area contributed by atoms with Gasteiger partial charge in [-0.2, -0.15) is 9.83 Å². The summed E-state index contributed by atoms with van der Waals surface area (Å²) in [4.78, 5) is 18.3. The van der Waals surface area contributed by atoms with E-state index in [-0.39, 0.29) is 51.1 Å². The number of carboxylic acid groups (broad SMARTS) is 1. The van der Waals surface area contributed by atoms with Gasteiger partial charge in [-0.25, -0.2) is 9.67 Å². The lowest BCUT2D eigenvalue weighted by atomic mass is 9.34. The summed E-state index contributed by atoms with van der Waals surface area (Å²) in [6, 6.07) is 3.45. The maximum Gasteiger partial charge on any atom is 0.307 e. The van der Waals surface area contributed by atoms with Crippen molar-refractivity contribution < 1.29 is 24.1 Å². The molecule has 5 aliphatic rings. The Kier molecular flexibility index (Phi) is 9.38. The highest BCUT2D eigenvalue weighted by molar-refractivity contribution is 5.73. The lowest BCUT2D eigenvalue weighted by Crippen LogP contribution is -2.69. The number of carboxylic acids is 1. The summed E-state index contributed by atoms with van der Waals surface area (Å²) in [6.07, 6.45) is 12.3. The molecule has 0 spiro atoms. The van der Waals surface area contributed by atoms with E-state index < -0.39 is 22.8 Å². The first-order chi connectivity index (χ1) is 25.1. The molecule has 3 N–H and O–H groups in total. The second-order valence-electron chi connectivity index (χ2n) is 21.0. The smallest absolute Gasteiger partial charge is 0.307 e. The van der Waals surface area contributed by atoms with Gasteiger partial charge in [0.2, 0.25) is 0 Å². The molecule has 2 aromatic rings. The number of fused-ring (bicyclic) bond motifs is 3. The van der Waals surface area contributed by atoms with Crippen molar-refractivity contribution in [3.05, 3.63) is 47.7 Å². The third-order valence-electron chi connectivity index (χ3n) is 17.3. The van der Waals surface area contributed by atoms with Crippen LogP contribution in [-0.4, -0.2) is 57.3 Å². The average molecular weight is 746 g/mol. The molecule has 12 atom stereocenters. The molecule has 54 heavy (non-hydrogen) atoms. The summed E-state index contributed by atoms with van der Waals surface area (Å²) in [5, 5.41) is 28.6. The van der Waals surface area contributed by atoms with Crippen molar-refractivity contribution in [3.63, 3.8) is 0 Å². The van der Waals surface area contributed by atoms with E-state index in [0.717, 1.165) is 43.3 Å². The number of hydrogen-bond donors (Lipinski definition) is 2. The zero-order valence-corrected chi connectivity index (χ0v) is 34.8. The van der Waals surface area contributed by atoms with Gasteiger partial charge in [-0.05, 0) is 96.8 Å². The lowest BCUT2D eigenvalue weighted by molar-refractivity contribution is -0.604. The molecule has 2 bridgehead atoms. The van der Waals surface area contributed by atoms with E-state index in [1.807, 2.05) is 10.7 Å². The van der Waals surface area contributed by atoms with Gasteiger partial charge in [-0.1, -0.05) is 80.9 Å². The first kappa shape index (κ1) is 39.4. The first-order valence-corrected chi connectivity index (χ1v) is 20.6. The summed E-state index contributed by atoms with van der Waals surface area (Å²) in [5.41, 5.74) is 6.84. The molecule has 3 saturated carbocycles. The maximum absolute atomic E-state index is 13.6. The van der Waals surface area contributed by atoms with Gasteiger partial charge < -0.3 is 25.5 Å². The minimum Gasteiger partial charge on any atom is -0.619 e. The van der Waals surface area contributed by atoms with Crippen LogP contribution in [0, 0.1) is 67.3 Å². The molecular weight excluding hydrogens is 679 g/mol. The topological polar surface area (TPSA) is 139 Å². The number of aromatic nitrogens is 4. The minimum atomic E-state index is -0.644. The highest BCUT2D eigenvalue weighted by Crippen LogP contribution is 2.75. The Bertz CT molecular complexity index is 1800. The Morgan fingerprint density at radius 3 is 2.50 bits per heavy atom. The molecule has 4 fully saturated rings. The molecule has 0 aromatic carbocycles. The fraction of sp³-hybridized carbons (Fsp3) is 0.773. The lowest BCUT2D eigenvalue weighted by Gasteiger charge is -2.71. The summed E-state index contributed by atoms with van der Waals surface area (Å²) in [6.45, 7) is 26.2. The summed E-state index contributed by atoms with van der Waals surface area (Å²) >= 11 is 0. The predicted octanol–water partition coefficient (Wildman–Crippen LogP) is 7.86. The van der Waals surface area contributed by atoms with Gasteiger partial charge in [0.15, 0.2) is 18.2 Å². The van der Waals surface area contributed by atoms with E-state index in [2.05, 4.69) is 82.2 Å². The Labute approximate surface area is 323 Å². The van der Waals surface area contributed by atoms with E-state index >= 15 is 0 Å². The number of carbonyl (C=O) groups is 1. The van der Waals surface area contributed by atoms with Crippen LogP contribution in [0.2, 0.25) is 0 Å². The molecular formula is C44H67N5O5. The molecule has 1 saturated heterocycles. The quantitative estimate of drug-likeness (QED) is 0.158. The molecule has 10 heteroatoms. The highest BCUT2D eigenvalue weighted by atomic mass is 16.5. The van der Waals surface area contributed by atoms with Crippen molar-refractivity contribution in [3.8, 4) is 11.4 Å². The number of nitrogens with zero attached hydrogens (tertiary/aromatic N) is 4. The van der Waals surface area contributed by atoms with Crippen LogP contribution in [0.15, 0.2) is 42.5 Å². The second kappa shape index (κ2) is 12.9. The van der Waals surface area contributed by atoms with Crippen LogP contribution in [-0.2, 0) is 14.3 Å². The number of aliphatic carboxylic acids is 1. The molecule has 298 valence electrons. The number of nitrogens with two attached hydrogens (primary N) is 1. The van der Waals surface area contributed by atoms with Crippen molar-refractivity contribution in [2.24, 2.45) is 67.8 Å². The normalized spacial score (nSPS) is 40.8. The van der Waals surface area contributed by atoms with Gasteiger partial charge in [0, 0.05) is 22.4 Å². The number of rotatable bonds is 8. The molecule has 4 aliphatic carbocycles.